The highest BCUT2D eigenvalue weighted by molar-refractivity contribution is 7.09. The molecule has 0 spiro atoms. The number of benzene rings is 1. The van der Waals surface area contributed by atoms with Crippen LogP contribution in [0.25, 0.3) is 0 Å². The lowest BCUT2D eigenvalue weighted by molar-refractivity contribution is 0.400. The van der Waals surface area contributed by atoms with E-state index < -0.39 is 0 Å². The second-order valence-corrected chi connectivity index (χ2v) is 2.62. The van der Waals surface area contributed by atoms with E-state index in [-0.39, 0.29) is 12.4 Å². The summed E-state index contributed by atoms with van der Waals surface area (Å²) in [5.41, 5.74) is 1.17. The summed E-state index contributed by atoms with van der Waals surface area (Å²) in [5, 5.41) is 8.76. The molecule has 0 fully saturated rings. The van der Waals surface area contributed by atoms with Crippen molar-refractivity contribution in [3.63, 3.8) is 0 Å². The molecule has 0 saturated carbocycles. The van der Waals surface area contributed by atoms with Crippen molar-refractivity contribution in [1.82, 2.24) is 0 Å². The zero-order valence-electron chi connectivity index (χ0n) is 7.86. The average Bonchev–Trinajstić information content (AvgIpc) is 2.11. The molecule has 2 nitrogen and oxygen atoms in total. The van der Waals surface area contributed by atoms with Crippen LogP contribution in [-0.2, 0) is 4.52 Å². The van der Waals surface area contributed by atoms with Crippen molar-refractivity contribution in [1.29, 1.82) is 0 Å². The zero-order valence-corrected chi connectivity index (χ0v) is 9.83. The fourth-order valence-corrected chi connectivity index (χ4v) is 0.545. The molecule has 0 bridgehead atoms. The van der Waals surface area contributed by atoms with Gasteiger partial charge in [0.15, 0.2) is 0 Å². The monoisotopic (exact) mass is 222 g/mol. The second kappa shape index (κ2) is 9.79. The van der Waals surface area contributed by atoms with Gasteiger partial charge in [0.2, 0.25) is 0 Å². The van der Waals surface area contributed by atoms with Crippen LogP contribution in [0, 0.1) is 6.92 Å². The molecular formula is C9H16ClO2P. The number of aryl methyl sites for hydroxylation is 1. The molecular weight excluding hydrogens is 207 g/mol. The molecule has 1 rings (SSSR count). The van der Waals surface area contributed by atoms with E-state index >= 15 is 0 Å². The molecule has 0 aliphatic heterocycles. The van der Waals surface area contributed by atoms with E-state index in [4.69, 9.17) is 5.11 Å². The Kier molecular flexibility index (Phi) is 11.4. The molecule has 0 aliphatic rings. The van der Waals surface area contributed by atoms with Crippen molar-refractivity contribution in [2.45, 2.75) is 13.8 Å². The first-order valence-electron chi connectivity index (χ1n) is 3.78. The minimum atomic E-state index is 0. The van der Waals surface area contributed by atoms with E-state index in [1.54, 1.807) is 12.1 Å². The summed E-state index contributed by atoms with van der Waals surface area (Å²) in [5.74, 6) is 0.329. The van der Waals surface area contributed by atoms with E-state index in [9.17, 15) is 0 Å². The lowest BCUT2D eigenvalue weighted by Crippen LogP contribution is -1.66. The summed E-state index contributed by atoms with van der Waals surface area (Å²) in [7, 11) is 2.16. The van der Waals surface area contributed by atoms with Crippen molar-refractivity contribution in [3.05, 3.63) is 29.8 Å². The highest BCUT2D eigenvalue weighted by Gasteiger charge is 1.82. The molecule has 1 atom stereocenters. The first-order chi connectivity index (χ1) is 5.70. The van der Waals surface area contributed by atoms with Gasteiger partial charge >= 0.3 is 0 Å². The van der Waals surface area contributed by atoms with E-state index in [0.717, 1.165) is 6.61 Å². The lowest BCUT2D eigenvalue weighted by atomic mass is 10.2. The summed E-state index contributed by atoms with van der Waals surface area (Å²) in [6, 6.07) is 7.09. The molecule has 0 aromatic heterocycles. The number of phenolic OH excluding ortho intramolecular Hbond substituents is 1. The van der Waals surface area contributed by atoms with Crippen molar-refractivity contribution in [2.75, 3.05) is 6.61 Å². The number of halogens is 1. The number of rotatable bonds is 1. The maximum absolute atomic E-state index is 8.76. The molecule has 1 aromatic carbocycles. The van der Waals surface area contributed by atoms with Gasteiger partial charge in [-0.15, -0.1) is 12.4 Å². The van der Waals surface area contributed by atoms with Crippen LogP contribution in [-0.4, -0.2) is 11.7 Å². The van der Waals surface area contributed by atoms with E-state index in [0.29, 0.717) is 5.75 Å². The molecule has 4 heteroatoms. The molecule has 0 radical (unpaired) electrons. The van der Waals surface area contributed by atoms with Gasteiger partial charge < -0.3 is 9.63 Å². The smallest absolute Gasteiger partial charge is 0.115 e. The molecule has 13 heavy (non-hydrogen) atoms. The Balaban J connectivity index is 0. The van der Waals surface area contributed by atoms with Crippen LogP contribution in [0.2, 0.25) is 0 Å². The SMILES string of the molecule is CCOP.Cc1ccc(O)cc1.Cl. The van der Waals surface area contributed by atoms with Crippen molar-refractivity contribution >= 4 is 21.9 Å². The van der Waals surface area contributed by atoms with Crippen LogP contribution in [0.3, 0.4) is 0 Å². The summed E-state index contributed by atoms with van der Waals surface area (Å²) in [6.07, 6.45) is 0. The molecule has 1 N–H and O–H groups in total. The minimum absolute atomic E-state index is 0. The van der Waals surface area contributed by atoms with E-state index in [1.165, 1.54) is 5.56 Å². The third-order valence-corrected chi connectivity index (χ3v) is 1.53. The van der Waals surface area contributed by atoms with Crippen LogP contribution in [0.5, 0.6) is 5.75 Å². The van der Waals surface area contributed by atoms with Gasteiger partial charge in [-0.2, -0.15) is 0 Å². The zero-order chi connectivity index (χ0) is 9.40. The maximum atomic E-state index is 8.76. The number of phenols is 1. The quantitative estimate of drug-likeness (QED) is 0.741. The fraction of sp³-hybridized carbons (Fsp3) is 0.333. The number of aromatic hydroxyl groups is 1. The minimum Gasteiger partial charge on any atom is -0.508 e. The first kappa shape index (κ1) is 15.2. The Morgan fingerprint density at radius 1 is 1.31 bits per heavy atom. The third kappa shape index (κ3) is 9.62. The predicted octanol–water partition coefficient (Wildman–Crippen LogP) is 2.94. The van der Waals surface area contributed by atoms with Gasteiger partial charge in [-0.05, 0) is 26.0 Å². The molecule has 76 valence electrons. The summed E-state index contributed by atoms with van der Waals surface area (Å²) in [6.45, 7) is 4.71. The van der Waals surface area contributed by atoms with Gasteiger partial charge in [-0.1, -0.05) is 17.7 Å². The fourth-order valence-electron chi connectivity index (χ4n) is 0.545. The molecule has 0 amide bonds. The topological polar surface area (TPSA) is 29.5 Å². The van der Waals surface area contributed by atoms with Gasteiger partial charge in [-0.3, -0.25) is 0 Å². The highest BCUT2D eigenvalue weighted by Crippen LogP contribution is 2.07. The Hall–Kier alpha value is -0.300. The summed E-state index contributed by atoms with van der Waals surface area (Å²) >= 11 is 0. The van der Waals surface area contributed by atoms with E-state index in [1.807, 2.05) is 26.0 Å². The first-order valence-corrected chi connectivity index (χ1v) is 4.25. The largest absolute Gasteiger partial charge is 0.508 e. The summed E-state index contributed by atoms with van der Waals surface area (Å²) in [4.78, 5) is 0. The van der Waals surface area contributed by atoms with Crippen LogP contribution in [0.1, 0.15) is 12.5 Å². The second-order valence-electron chi connectivity index (χ2n) is 2.29. The predicted molar refractivity (Wildman–Crippen MR) is 61.4 cm³/mol. The Morgan fingerprint density at radius 3 is 1.92 bits per heavy atom. The highest BCUT2D eigenvalue weighted by atomic mass is 35.5. The van der Waals surface area contributed by atoms with Crippen LogP contribution < -0.4 is 0 Å². The van der Waals surface area contributed by atoms with Gasteiger partial charge in [0, 0.05) is 16.1 Å². The van der Waals surface area contributed by atoms with Crippen molar-refractivity contribution in [2.24, 2.45) is 0 Å². The van der Waals surface area contributed by atoms with Crippen LogP contribution in [0.15, 0.2) is 24.3 Å². The molecule has 0 saturated heterocycles. The Labute approximate surface area is 88.0 Å². The standard InChI is InChI=1S/C7H8O.C2H7OP.ClH/c1-6-2-4-7(8)5-3-6;1-2-3-4;/h2-5,8H,1H3;2,4H2,1H3;1H. The Bertz CT molecular complexity index is 178. The van der Waals surface area contributed by atoms with Gasteiger partial charge in [-0.25, -0.2) is 0 Å². The summed E-state index contributed by atoms with van der Waals surface area (Å²) < 4.78 is 4.46. The van der Waals surface area contributed by atoms with Gasteiger partial charge in [0.05, 0.1) is 0 Å². The number of hydrogen-bond donors (Lipinski definition) is 1. The van der Waals surface area contributed by atoms with Crippen molar-refractivity contribution < 1.29 is 9.63 Å². The average molecular weight is 223 g/mol. The maximum Gasteiger partial charge on any atom is 0.115 e. The van der Waals surface area contributed by atoms with E-state index in [2.05, 4.69) is 14.0 Å². The molecule has 1 aromatic rings. The molecule has 0 aliphatic carbocycles. The van der Waals surface area contributed by atoms with Crippen LogP contribution in [0.4, 0.5) is 0 Å². The normalized spacial score (nSPS) is 7.92. The van der Waals surface area contributed by atoms with Gasteiger partial charge in [0.25, 0.3) is 0 Å². The van der Waals surface area contributed by atoms with Crippen molar-refractivity contribution in [3.8, 4) is 5.75 Å². The van der Waals surface area contributed by atoms with Gasteiger partial charge in [0.1, 0.15) is 5.75 Å². The van der Waals surface area contributed by atoms with Crippen LogP contribution >= 0.6 is 21.9 Å². The molecule has 1 unspecified atom stereocenters. The molecule has 0 heterocycles. The Morgan fingerprint density at radius 2 is 1.69 bits per heavy atom. The lowest BCUT2D eigenvalue weighted by Gasteiger charge is -1.89. The number of hydrogen-bond acceptors (Lipinski definition) is 2. The third-order valence-electron chi connectivity index (χ3n) is 1.20.